The largest absolute Gasteiger partial charge is 0.481 e. The maximum absolute atomic E-state index is 11.2. The van der Waals surface area contributed by atoms with Crippen LogP contribution in [-0.2, 0) is 11.3 Å². The van der Waals surface area contributed by atoms with Crippen molar-refractivity contribution in [1.82, 2.24) is 4.90 Å². The fourth-order valence-corrected chi connectivity index (χ4v) is 4.26. The summed E-state index contributed by atoms with van der Waals surface area (Å²) in [6.45, 7) is 10.7. The minimum Gasteiger partial charge on any atom is -0.481 e. The van der Waals surface area contributed by atoms with Crippen molar-refractivity contribution in [3.8, 4) is 0 Å². The van der Waals surface area contributed by atoms with Crippen LogP contribution in [0.1, 0.15) is 53.6 Å². The number of aryl methyl sites for hydroxylation is 3. The Labute approximate surface area is 178 Å². The number of benzene rings is 2. The van der Waals surface area contributed by atoms with Gasteiger partial charge < -0.3 is 10.4 Å². The normalized spacial score (nSPS) is 18.0. The van der Waals surface area contributed by atoms with Crippen LogP contribution >= 0.6 is 11.6 Å². The van der Waals surface area contributed by atoms with Crippen LogP contribution in [0.15, 0.2) is 30.3 Å². The van der Waals surface area contributed by atoms with Crippen LogP contribution in [0.5, 0.6) is 0 Å². The van der Waals surface area contributed by atoms with E-state index in [1.807, 2.05) is 0 Å². The molecule has 2 aromatic rings. The zero-order chi connectivity index (χ0) is 21.1. The van der Waals surface area contributed by atoms with Gasteiger partial charge in [0.05, 0.1) is 12.0 Å². The van der Waals surface area contributed by atoms with Crippen molar-refractivity contribution in [2.45, 2.75) is 53.1 Å². The standard InChI is InChI=1S/C24H31ClN2O2/c1-5-22(19-10-16(3)23(25)17(4)11-19)26-21-7-6-15(2)20(12-21)14-27-9-8-18(13-27)24(28)29/h6-7,10-12,18,22,26H,5,8-9,13-14H2,1-4H3,(H,28,29)/t18?,22-/m1/s1. The molecule has 29 heavy (non-hydrogen) atoms. The maximum atomic E-state index is 11.2. The van der Waals surface area contributed by atoms with E-state index in [9.17, 15) is 9.90 Å². The Kier molecular flexibility index (Phi) is 6.86. The lowest BCUT2D eigenvalue weighted by Gasteiger charge is -2.22. The molecule has 5 heteroatoms. The Bertz CT molecular complexity index is 873. The Balaban J connectivity index is 1.75. The number of carboxylic acids is 1. The fraction of sp³-hybridized carbons (Fsp3) is 0.458. The average molecular weight is 415 g/mol. The number of likely N-dealkylation sites (tertiary alicyclic amines) is 1. The predicted octanol–water partition coefficient (Wildman–Crippen LogP) is 5.73. The second kappa shape index (κ2) is 9.19. The summed E-state index contributed by atoms with van der Waals surface area (Å²) in [5.74, 6) is -0.920. The van der Waals surface area contributed by atoms with Crippen LogP contribution in [0.25, 0.3) is 0 Å². The molecule has 1 heterocycles. The first-order valence-electron chi connectivity index (χ1n) is 10.4. The van der Waals surface area contributed by atoms with Crippen molar-refractivity contribution < 1.29 is 9.90 Å². The molecule has 2 aromatic carbocycles. The molecule has 0 radical (unpaired) electrons. The number of hydrogen-bond donors (Lipinski definition) is 2. The molecule has 1 aliphatic heterocycles. The third-order valence-electron chi connectivity index (χ3n) is 5.97. The lowest BCUT2D eigenvalue weighted by Crippen LogP contribution is -2.23. The average Bonchev–Trinajstić information content (AvgIpc) is 3.15. The first-order chi connectivity index (χ1) is 13.8. The van der Waals surface area contributed by atoms with Crippen molar-refractivity contribution in [2.75, 3.05) is 18.4 Å². The van der Waals surface area contributed by atoms with E-state index >= 15 is 0 Å². The summed E-state index contributed by atoms with van der Waals surface area (Å²) in [6, 6.07) is 11.0. The second-order valence-corrected chi connectivity index (χ2v) is 8.65. The van der Waals surface area contributed by atoms with Gasteiger partial charge in [-0.25, -0.2) is 0 Å². The van der Waals surface area contributed by atoms with E-state index in [-0.39, 0.29) is 12.0 Å². The van der Waals surface area contributed by atoms with Gasteiger partial charge in [-0.05, 0) is 80.1 Å². The summed E-state index contributed by atoms with van der Waals surface area (Å²) >= 11 is 6.34. The van der Waals surface area contributed by atoms with E-state index in [1.54, 1.807) is 0 Å². The zero-order valence-electron chi connectivity index (χ0n) is 17.8. The van der Waals surface area contributed by atoms with E-state index in [0.717, 1.165) is 47.8 Å². The predicted molar refractivity (Wildman–Crippen MR) is 120 cm³/mol. The summed E-state index contributed by atoms with van der Waals surface area (Å²) in [5, 5.41) is 13.8. The molecule has 4 nitrogen and oxygen atoms in total. The quantitative estimate of drug-likeness (QED) is 0.607. The summed E-state index contributed by atoms with van der Waals surface area (Å²) in [5.41, 5.74) is 7.04. The molecule has 0 aliphatic carbocycles. The number of hydrogen-bond acceptors (Lipinski definition) is 3. The van der Waals surface area contributed by atoms with Crippen molar-refractivity contribution in [3.63, 3.8) is 0 Å². The minimum atomic E-state index is -0.682. The lowest BCUT2D eigenvalue weighted by molar-refractivity contribution is -0.141. The van der Waals surface area contributed by atoms with Gasteiger partial charge in [0.1, 0.15) is 0 Å². The van der Waals surface area contributed by atoms with E-state index in [2.05, 4.69) is 68.2 Å². The third-order valence-corrected chi connectivity index (χ3v) is 6.57. The Morgan fingerprint density at radius 3 is 2.48 bits per heavy atom. The Morgan fingerprint density at radius 2 is 1.90 bits per heavy atom. The summed E-state index contributed by atoms with van der Waals surface area (Å²) in [7, 11) is 0. The number of nitrogens with one attached hydrogen (secondary N) is 1. The topological polar surface area (TPSA) is 52.6 Å². The molecule has 156 valence electrons. The molecule has 0 aromatic heterocycles. The molecule has 0 spiro atoms. The van der Waals surface area contributed by atoms with Gasteiger partial charge >= 0.3 is 5.97 Å². The molecule has 0 bridgehead atoms. The minimum absolute atomic E-state index is 0.211. The number of aliphatic carboxylic acids is 1. The summed E-state index contributed by atoms with van der Waals surface area (Å²) < 4.78 is 0. The third kappa shape index (κ3) is 5.12. The molecule has 0 saturated carbocycles. The number of halogens is 1. The van der Waals surface area contributed by atoms with Crippen LogP contribution in [-0.4, -0.2) is 29.1 Å². The van der Waals surface area contributed by atoms with Gasteiger partial charge in [-0.2, -0.15) is 0 Å². The molecule has 2 N–H and O–H groups in total. The van der Waals surface area contributed by atoms with E-state index in [4.69, 9.17) is 11.6 Å². The van der Waals surface area contributed by atoms with E-state index in [1.165, 1.54) is 16.7 Å². The first-order valence-corrected chi connectivity index (χ1v) is 10.7. The van der Waals surface area contributed by atoms with E-state index < -0.39 is 5.97 Å². The summed E-state index contributed by atoms with van der Waals surface area (Å²) in [4.78, 5) is 13.5. The number of nitrogens with zero attached hydrogens (tertiary/aromatic N) is 1. The number of carbonyl (C=O) groups is 1. The smallest absolute Gasteiger partial charge is 0.307 e. The number of carboxylic acid groups (broad SMARTS) is 1. The first kappa shape index (κ1) is 21.7. The SMILES string of the molecule is CC[C@@H](Nc1ccc(C)c(CN2CCC(C(=O)O)C2)c1)c1cc(C)c(Cl)c(C)c1. The van der Waals surface area contributed by atoms with Gasteiger partial charge in [0.15, 0.2) is 0 Å². The molecule has 1 unspecified atom stereocenters. The molecule has 2 atom stereocenters. The van der Waals surface area contributed by atoms with Gasteiger partial charge in [0.2, 0.25) is 0 Å². The van der Waals surface area contributed by atoms with Crippen molar-refractivity contribution >= 4 is 23.3 Å². The molecule has 1 fully saturated rings. The number of anilines is 1. The van der Waals surface area contributed by atoms with Crippen LogP contribution in [0, 0.1) is 26.7 Å². The molecule has 1 saturated heterocycles. The van der Waals surface area contributed by atoms with Crippen LogP contribution < -0.4 is 5.32 Å². The van der Waals surface area contributed by atoms with Crippen LogP contribution in [0.4, 0.5) is 5.69 Å². The fourth-order valence-electron chi connectivity index (χ4n) is 4.15. The van der Waals surface area contributed by atoms with Crippen LogP contribution in [0.3, 0.4) is 0 Å². The highest BCUT2D eigenvalue weighted by atomic mass is 35.5. The second-order valence-electron chi connectivity index (χ2n) is 8.27. The number of rotatable bonds is 7. The highest BCUT2D eigenvalue weighted by Crippen LogP contribution is 2.30. The Morgan fingerprint density at radius 1 is 1.21 bits per heavy atom. The highest BCUT2D eigenvalue weighted by Gasteiger charge is 2.28. The lowest BCUT2D eigenvalue weighted by atomic mass is 9.98. The van der Waals surface area contributed by atoms with Crippen LogP contribution in [0.2, 0.25) is 5.02 Å². The van der Waals surface area contributed by atoms with Gasteiger partial charge in [-0.3, -0.25) is 9.69 Å². The summed E-state index contributed by atoms with van der Waals surface area (Å²) in [6.07, 6.45) is 1.70. The highest BCUT2D eigenvalue weighted by molar-refractivity contribution is 6.32. The molecule has 0 amide bonds. The maximum Gasteiger partial charge on any atom is 0.307 e. The molecular formula is C24H31ClN2O2. The van der Waals surface area contributed by atoms with Gasteiger partial charge in [-0.15, -0.1) is 0 Å². The monoisotopic (exact) mass is 414 g/mol. The molecular weight excluding hydrogens is 384 g/mol. The zero-order valence-corrected chi connectivity index (χ0v) is 18.5. The van der Waals surface area contributed by atoms with Crippen molar-refractivity contribution in [2.24, 2.45) is 5.92 Å². The van der Waals surface area contributed by atoms with E-state index in [0.29, 0.717) is 6.54 Å². The Hall–Kier alpha value is -2.04. The van der Waals surface area contributed by atoms with Gasteiger partial charge in [0.25, 0.3) is 0 Å². The molecule has 1 aliphatic rings. The van der Waals surface area contributed by atoms with Gasteiger partial charge in [0, 0.05) is 23.8 Å². The van der Waals surface area contributed by atoms with Crippen molar-refractivity contribution in [3.05, 3.63) is 63.2 Å². The molecule has 3 rings (SSSR count). The van der Waals surface area contributed by atoms with Crippen molar-refractivity contribution in [1.29, 1.82) is 0 Å². The van der Waals surface area contributed by atoms with Gasteiger partial charge in [-0.1, -0.05) is 36.7 Å².